The van der Waals surface area contributed by atoms with Gasteiger partial charge in [0.05, 0.1) is 6.61 Å². The summed E-state index contributed by atoms with van der Waals surface area (Å²) in [5, 5.41) is 3.47. The van der Waals surface area contributed by atoms with E-state index < -0.39 is 0 Å². The molecule has 0 aliphatic rings. The zero-order valence-corrected chi connectivity index (χ0v) is 10.9. The number of hydrogen-bond donors (Lipinski definition) is 1. The number of benzene rings is 2. The summed E-state index contributed by atoms with van der Waals surface area (Å²) in [6.45, 7) is 3.60. The highest BCUT2D eigenvalue weighted by Crippen LogP contribution is 2.16. The van der Waals surface area contributed by atoms with Gasteiger partial charge in [0.15, 0.2) is 0 Å². The molecule has 0 fully saturated rings. The van der Waals surface area contributed by atoms with Crippen LogP contribution in [0.2, 0.25) is 0 Å². The molecule has 18 heavy (non-hydrogen) atoms. The predicted molar refractivity (Wildman–Crippen MR) is 75.7 cm³/mol. The number of anilines is 1. The van der Waals surface area contributed by atoms with Crippen LogP contribution in [0.4, 0.5) is 5.69 Å². The summed E-state index contributed by atoms with van der Waals surface area (Å²) in [5.74, 6) is 0. The van der Waals surface area contributed by atoms with Gasteiger partial charge in [0, 0.05) is 19.3 Å². The standard InChI is InChI=1S/C16H19NO/c1-13-7-3-6-10-16(13)17-11-14-8-4-5-9-15(14)12-18-2/h3-10,17H,11-12H2,1-2H3. The van der Waals surface area contributed by atoms with E-state index in [9.17, 15) is 0 Å². The molecule has 94 valence electrons. The van der Waals surface area contributed by atoms with Crippen LogP contribution in [0, 0.1) is 6.92 Å². The Labute approximate surface area is 109 Å². The number of para-hydroxylation sites is 1. The number of ether oxygens (including phenoxy) is 1. The van der Waals surface area contributed by atoms with Crippen LogP contribution < -0.4 is 5.32 Å². The van der Waals surface area contributed by atoms with Crippen molar-refractivity contribution in [2.24, 2.45) is 0 Å². The molecule has 2 heteroatoms. The van der Waals surface area contributed by atoms with Crippen molar-refractivity contribution in [1.29, 1.82) is 0 Å². The minimum absolute atomic E-state index is 0.658. The van der Waals surface area contributed by atoms with Crippen LogP contribution in [-0.2, 0) is 17.9 Å². The molecular weight excluding hydrogens is 222 g/mol. The first-order valence-electron chi connectivity index (χ1n) is 6.16. The van der Waals surface area contributed by atoms with Gasteiger partial charge in [0.2, 0.25) is 0 Å². The molecule has 0 aromatic heterocycles. The van der Waals surface area contributed by atoms with Crippen molar-refractivity contribution >= 4 is 5.69 Å². The molecule has 2 nitrogen and oxygen atoms in total. The zero-order chi connectivity index (χ0) is 12.8. The fraction of sp³-hybridized carbons (Fsp3) is 0.250. The Morgan fingerprint density at radius 1 is 0.944 bits per heavy atom. The van der Waals surface area contributed by atoms with Gasteiger partial charge in [-0.2, -0.15) is 0 Å². The first kappa shape index (κ1) is 12.7. The number of nitrogens with one attached hydrogen (secondary N) is 1. The molecule has 0 radical (unpaired) electrons. The normalized spacial score (nSPS) is 10.3. The minimum Gasteiger partial charge on any atom is -0.381 e. The smallest absolute Gasteiger partial charge is 0.0716 e. The van der Waals surface area contributed by atoms with Crippen molar-refractivity contribution in [3.63, 3.8) is 0 Å². The van der Waals surface area contributed by atoms with E-state index in [-0.39, 0.29) is 0 Å². The van der Waals surface area contributed by atoms with Gasteiger partial charge in [-0.15, -0.1) is 0 Å². The second kappa shape index (κ2) is 6.22. The van der Waals surface area contributed by atoms with Crippen LogP contribution in [-0.4, -0.2) is 7.11 Å². The molecular formula is C16H19NO. The topological polar surface area (TPSA) is 21.3 Å². The van der Waals surface area contributed by atoms with E-state index in [1.165, 1.54) is 22.4 Å². The summed E-state index contributed by atoms with van der Waals surface area (Å²) in [4.78, 5) is 0. The molecule has 0 heterocycles. The molecule has 0 atom stereocenters. The maximum Gasteiger partial charge on any atom is 0.0716 e. The van der Waals surface area contributed by atoms with Crippen LogP contribution in [0.3, 0.4) is 0 Å². The van der Waals surface area contributed by atoms with Gasteiger partial charge < -0.3 is 10.1 Å². The van der Waals surface area contributed by atoms with Crippen LogP contribution in [0.1, 0.15) is 16.7 Å². The molecule has 0 saturated heterocycles. The average molecular weight is 241 g/mol. The van der Waals surface area contributed by atoms with Crippen molar-refractivity contribution in [3.8, 4) is 0 Å². The van der Waals surface area contributed by atoms with E-state index in [1.54, 1.807) is 7.11 Å². The SMILES string of the molecule is COCc1ccccc1CNc1ccccc1C. The third-order valence-corrected chi connectivity index (χ3v) is 3.03. The Hall–Kier alpha value is -1.80. The zero-order valence-electron chi connectivity index (χ0n) is 10.9. The van der Waals surface area contributed by atoms with Crippen molar-refractivity contribution in [1.82, 2.24) is 0 Å². The van der Waals surface area contributed by atoms with Gasteiger partial charge in [0.1, 0.15) is 0 Å². The molecule has 2 aromatic rings. The van der Waals surface area contributed by atoms with E-state index in [0.29, 0.717) is 6.61 Å². The van der Waals surface area contributed by atoms with Crippen LogP contribution in [0.25, 0.3) is 0 Å². The van der Waals surface area contributed by atoms with Gasteiger partial charge in [-0.3, -0.25) is 0 Å². The predicted octanol–water partition coefficient (Wildman–Crippen LogP) is 3.75. The van der Waals surface area contributed by atoms with E-state index >= 15 is 0 Å². The summed E-state index contributed by atoms with van der Waals surface area (Å²) in [7, 11) is 1.73. The largest absolute Gasteiger partial charge is 0.381 e. The highest BCUT2D eigenvalue weighted by molar-refractivity contribution is 5.50. The lowest BCUT2D eigenvalue weighted by Gasteiger charge is -2.12. The molecule has 0 spiro atoms. The first-order valence-corrected chi connectivity index (χ1v) is 6.16. The van der Waals surface area contributed by atoms with E-state index in [0.717, 1.165) is 6.54 Å². The van der Waals surface area contributed by atoms with Gasteiger partial charge >= 0.3 is 0 Å². The summed E-state index contributed by atoms with van der Waals surface area (Å²) in [5.41, 5.74) is 4.97. The van der Waals surface area contributed by atoms with E-state index in [4.69, 9.17) is 4.74 Å². The Bertz CT molecular complexity index is 508. The summed E-state index contributed by atoms with van der Waals surface area (Å²) < 4.78 is 5.22. The second-order valence-electron chi connectivity index (χ2n) is 4.37. The number of rotatable bonds is 5. The average Bonchev–Trinajstić information content (AvgIpc) is 2.40. The minimum atomic E-state index is 0.658. The van der Waals surface area contributed by atoms with Crippen molar-refractivity contribution in [3.05, 3.63) is 65.2 Å². The highest BCUT2D eigenvalue weighted by Gasteiger charge is 2.02. The molecule has 0 saturated carbocycles. The van der Waals surface area contributed by atoms with Gasteiger partial charge in [-0.05, 0) is 29.7 Å². The quantitative estimate of drug-likeness (QED) is 0.860. The van der Waals surface area contributed by atoms with Crippen LogP contribution in [0.5, 0.6) is 0 Å². The Morgan fingerprint density at radius 2 is 1.61 bits per heavy atom. The first-order chi connectivity index (χ1) is 8.81. The fourth-order valence-electron chi connectivity index (χ4n) is 1.99. The van der Waals surface area contributed by atoms with Gasteiger partial charge in [0.25, 0.3) is 0 Å². The Morgan fingerprint density at radius 3 is 2.33 bits per heavy atom. The number of aryl methyl sites for hydroxylation is 1. The van der Waals surface area contributed by atoms with Crippen molar-refractivity contribution in [2.45, 2.75) is 20.1 Å². The fourth-order valence-corrected chi connectivity index (χ4v) is 1.99. The van der Waals surface area contributed by atoms with E-state index in [2.05, 4.69) is 54.7 Å². The third kappa shape index (κ3) is 3.11. The van der Waals surface area contributed by atoms with Crippen molar-refractivity contribution < 1.29 is 4.74 Å². The third-order valence-electron chi connectivity index (χ3n) is 3.03. The molecule has 1 N–H and O–H groups in total. The molecule has 0 bridgehead atoms. The van der Waals surface area contributed by atoms with Gasteiger partial charge in [-0.1, -0.05) is 42.5 Å². The highest BCUT2D eigenvalue weighted by atomic mass is 16.5. The number of methoxy groups -OCH3 is 1. The summed E-state index contributed by atoms with van der Waals surface area (Å²) >= 11 is 0. The molecule has 2 rings (SSSR count). The van der Waals surface area contributed by atoms with Crippen molar-refractivity contribution in [2.75, 3.05) is 12.4 Å². The maximum atomic E-state index is 5.22. The molecule has 0 unspecified atom stereocenters. The Balaban J connectivity index is 2.08. The second-order valence-corrected chi connectivity index (χ2v) is 4.37. The number of hydrogen-bond acceptors (Lipinski definition) is 2. The van der Waals surface area contributed by atoms with Crippen LogP contribution >= 0.6 is 0 Å². The summed E-state index contributed by atoms with van der Waals surface area (Å²) in [6.07, 6.45) is 0. The molecule has 0 aliphatic carbocycles. The lowest BCUT2D eigenvalue weighted by Crippen LogP contribution is -2.04. The maximum absolute atomic E-state index is 5.22. The lowest BCUT2D eigenvalue weighted by atomic mass is 10.1. The Kier molecular flexibility index (Phi) is 4.37. The monoisotopic (exact) mass is 241 g/mol. The molecule has 2 aromatic carbocycles. The van der Waals surface area contributed by atoms with Crippen LogP contribution in [0.15, 0.2) is 48.5 Å². The van der Waals surface area contributed by atoms with Gasteiger partial charge in [-0.25, -0.2) is 0 Å². The molecule has 0 amide bonds. The lowest BCUT2D eigenvalue weighted by molar-refractivity contribution is 0.184. The summed E-state index contributed by atoms with van der Waals surface area (Å²) in [6, 6.07) is 16.7. The van der Waals surface area contributed by atoms with E-state index in [1.807, 2.05) is 6.07 Å². The molecule has 0 aliphatic heterocycles.